The molecule has 1 aliphatic rings. The normalized spacial score (nSPS) is 20.0. The van der Waals surface area contributed by atoms with E-state index in [1.165, 1.54) is 18.5 Å². The summed E-state index contributed by atoms with van der Waals surface area (Å²) in [4.78, 5) is 11.2. The molecule has 7 heteroatoms. The van der Waals surface area contributed by atoms with Gasteiger partial charge in [0.05, 0.1) is 5.69 Å². The Morgan fingerprint density at radius 3 is 2.63 bits per heavy atom. The van der Waals surface area contributed by atoms with Crippen LogP contribution in [0.25, 0.3) is 5.78 Å². The van der Waals surface area contributed by atoms with Crippen LogP contribution in [0.1, 0.15) is 62.5 Å². The lowest BCUT2D eigenvalue weighted by Gasteiger charge is -2.42. The van der Waals surface area contributed by atoms with Gasteiger partial charge in [-0.3, -0.25) is 4.90 Å². The molecular weight excluding hydrogens is 384 g/mol. The highest BCUT2D eigenvalue weighted by atomic mass is 19.2. The lowest BCUT2D eigenvalue weighted by molar-refractivity contribution is 0.0910. The predicted octanol–water partition coefficient (Wildman–Crippen LogP) is 4.92. The van der Waals surface area contributed by atoms with E-state index in [1.54, 1.807) is 6.07 Å². The molecule has 0 spiro atoms. The van der Waals surface area contributed by atoms with Gasteiger partial charge in [0.1, 0.15) is 6.33 Å². The second-order valence-corrected chi connectivity index (χ2v) is 8.85. The van der Waals surface area contributed by atoms with Gasteiger partial charge in [0.15, 0.2) is 11.6 Å². The molecule has 0 bridgehead atoms. The quantitative estimate of drug-likeness (QED) is 0.595. The fraction of sp³-hybridized carbons (Fsp3) is 0.522. The van der Waals surface area contributed by atoms with Crippen molar-refractivity contribution in [2.45, 2.75) is 52.5 Å². The second kappa shape index (κ2) is 8.38. The molecule has 0 aliphatic carbocycles. The Balaban J connectivity index is 1.69. The predicted molar refractivity (Wildman–Crippen MR) is 112 cm³/mol. The van der Waals surface area contributed by atoms with Crippen molar-refractivity contribution in [2.75, 3.05) is 13.1 Å². The Kier molecular flexibility index (Phi) is 5.82. The van der Waals surface area contributed by atoms with Crippen molar-refractivity contribution in [2.24, 2.45) is 11.8 Å². The van der Waals surface area contributed by atoms with Crippen LogP contribution in [0.3, 0.4) is 0 Å². The van der Waals surface area contributed by atoms with Crippen molar-refractivity contribution in [3.05, 3.63) is 59.2 Å². The van der Waals surface area contributed by atoms with Crippen LogP contribution in [0.2, 0.25) is 0 Å². The molecule has 1 saturated heterocycles. The number of hydrogen-bond donors (Lipinski definition) is 0. The molecule has 160 valence electrons. The van der Waals surface area contributed by atoms with E-state index in [1.807, 2.05) is 11.4 Å². The van der Waals surface area contributed by atoms with Gasteiger partial charge in [0.2, 0.25) is 0 Å². The molecule has 3 aromatic rings. The summed E-state index contributed by atoms with van der Waals surface area (Å²) in [5, 5.41) is 4.38. The van der Waals surface area contributed by atoms with Gasteiger partial charge >= 0.3 is 0 Å². The number of fused-ring (bicyclic) bond motifs is 1. The van der Waals surface area contributed by atoms with Crippen LogP contribution in [0.5, 0.6) is 0 Å². The van der Waals surface area contributed by atoms with Crippen molar-refractivity contribution in [1.82, 2.24) is 24.5 Å². The van der Waals surface area contributed by atoms with Crippen LogP contribution in [0.15, 0.2) is 30.6 Å². The zero-order valence-electron chi connectivity index (χ0n) is 18.0. The van der Waals surface area contributed by atoms with Crippen LogP contribution in [-0.4, -0.2) is 37.6 Å². The number of halogens is 2. The molecule has 0 N–H and O–H groups in total. The Labute approximate surface area is 176 Å². The lowest BCUT2D eigenvalue weighted by atomic mass is 9.82. The Morgan fingerprint density at radius 2 is 1.90 bits per heavy atom. The molecule has 1 aliphatic heterocycles. The summed E-state index contributed by atoms with van der Waals surface area (Å²) < 4.78 is 29.5. The highest BCUT2D eigenvalue weighted by Crippen LogP contribution is 2.38. The van der Waals surface area contributed by atoms with E-state index in [2.05, 4.69) is 46.8 Å². The first-order valence-electron chi connectivity index (χ1n) is 10.7. The second-order valence-electron chi connectivity index (χ2n) is 8.85. The number of aromatic nitrogens is 4. The summed E-state index contributed by atoms with van der Waals surface area (Å²) in [5.41, 5.74) is 2.88. The molecular formula is C23H29F2N5. The van der Waals surface area contributed by atoms with Gasteiger partial charge in [0, 0.05) is 24.2 Å². The topological polar surface area (TPSA) is 46.3 Å². The van der Waals surface area contributed by atoms with Crippen molar-refractivity contribution < 1.29 is 8.78 Å². The zero-order valence-corrected chi connectivity index (χ0v) is 18.0. The fourth-order valence-electron chi connectivity index (χ4n) is 4.66. The van der Waals surface area contributed by atoms with Gasteiger partial charge < -0.3 is 0 Å². The van der Waals surface area contributed by atoms with Gasteiger partial charge in [-0.25, -0.2) is 18.3 Å². The molecule has 3 unspecified atom stereocenters. The minimum Gasteiger partial charge on any atom is -0.295 e. The van der Waals surface area contributed by atoms with Gasteiger partial charge in [0.25, 0.3) is 5.78 Å². The van der Waals surface area contributed by atoms with Crippen LogP contribution >= 0.6 is 0 Å². The minimum atomic E-state index is -0.799. The van der Waals surface area contributed by atoms with Crippen molar-refractivity contribution in [1.29, 1.82) is 0 Å². The smallest absolute Gasteiger partial charge is 0.252 e. The third-order valence-corrected chi connectivity index (χ3v) is 6.51. The highest BCUT2D eigenvalue weighted by Gasteiger charge is 2.33. The first-order chi connectivity index (χ1) is 14.3. The maximum Gasteiger partial charge on any atom is 0.252 e. The molecule has 0 radical (unpaired) electrons. The van der Waals surface area contributed by atoms with Crippen LogP contribution in [0, 0.1) is 30.4 Å². The molecule has 1 fully saturated rings. The minimum absolute atomic E-state index is 0.0251. The van der Waals surface area contributed by atoms with Gasteiger partial charge in [-0.15, -0.1) is 0 Å². The molecule has 3 heterocycles. The van der Waals surface area contributed by atoms with Crippen LogP contribution < -0.4 is 0 Å². The number of piperidine rings is 1. The average Bonchev–Trinajstić information content (AvgIpc) is 3.18. The maximum absolute atomic E-state index is 14.1. The monoisotopic (exact) mass is 413 g/mol. The Bertz CT molecular complexity index is 1030. The first kappa shape index (κ1) is 20.8. The highest BCUT2D eigenvalue weighted by molar-refractivity contribution is 5.32. The number of hydrogen-bond acceptors (Lipinski definition) is 4. The Morgan fingerprint density at radius 1 is 1.10 bits per heavy atom. The summed E-state index contributed by atoms with van der Waals surface area (Å²) in [6.07, 6.45) is 3.62. The van der Waals surface area contributed by atoms with Gasteiger partial charge in [-0.05, 0) is 61.9 Å². The molecule has 3 atom stereocenters. The van der Waals surface area contributed by atoms with Gasteiger partial charge in [-0.1, -0.05) is 26.8 Å². The molecule has 4 rings (SSSR count). The zero-order chi connectivity index (χ0) is 21.4. The lowest BCUT2D eigenvalue weighted by Crippen LogP contribution is -2.41. The molecule has 0 amide bonds. The molecule has 1 aromatic carbocycles. The summed E-state index contributed by atoms with van der Waals surface area (Å²) >= 11 is 0. The summed E-state index contributed by atoms with van der Waals surface area (Å²) in [6.45, 7) is 10.3. The SMILES string of the molecule is Cc1cc(C2CCCN(C(c3ccc(F)c(F)c3)C(C)C(C)C)C2)n2ncnc2n1. The van der Waals surface area contributed by atoms with E-state index in [0.717, 1.165) is 42.9 Å². The number of benzene rings is 1. The molecule has 0 saturated carbocycles. The van der Waals surface area contributed by atoms with Crippen molar-refractivity contribution in [3.8, 4) is 0 Å². The Hall–Kier alpha value is -2.41. The third kappa shape index (κ3) is 3.95. The van der Waals surface area contributed by atoms with E-state index >= 15 is 0 Å². The first-order valence-corrected chi connectivity index (χ1v) is 10.7. The fourth-order valence-corrected chi connectivity index (χ4v) is 4.66. The van der Waals surface area contributed by atoms with E-state index in [9.17, 15) is 8.78 Å². The maximum atomic E-state index is 14.1. The van der Waals surface area contributed by atoms with Crippen molar-refractivity contribution in [3.63, 3.8) is 0 Å². The van der Waals surface area contributed by atoms with Gasteiger partial charge in [-0.2, -0.15) is 10.1 Å². The largest absolute Gasteiger partial charge is 0.295 e. The molecule has 2 aromatic heterocycles. The van der Waals surface area contributed by atoms with Crippen molar-refractivity contribution >= 4 is 5.78 Å². The number of aryl methyl sites for hydroxylation is 1. The van der Waals surface area contributed by atoms with E-state index in [4.69, 9.17) is 0 Å². The van der Waals surface area contributed by atoms with E-state index in [-0.39, 0.29) is 12.0 Å². The third-order valence-electron chi connectivity index (χ3n) is 6.51. The standard InChI is InChI=1S/C23H29F2N5/c1-14(2)16(4)22(17-7-8-19(24)20(25)11-17)29-9-5-6-18(12-29)21-10-15(3)28-23-26-13-27-30(21)23/h7-8,10-11,13-14,16,18,22H,5-6,9,12H2,1-4H3. The number of rotatable bonds is 5. The number of nitrogens with zero attached hydrogens (tertiary/aromatic N) is 5. The van der Waals surface area contributed by atoms with Crippen LogP contribution in [0.4, 0.5) is 8.78 Å². The summed E-state index contributed by atoms with van der Waals surface area (Å²) in [7, 11) is 0. The molecule has 30 heavy (non-hydrogen) atoms. The molecule has 5 nitrogen and oxygen atoms in total. The number of likely N-dealkylation sites (tertiary alicyclic amines) is 1. The van der Waals surface area contributed by atoms with E-state index in [0.29, 0.717) is 17.6 Å². The van der Waals surface area contributed by atoms with Crippen LogP contribution in [-0.2, 0) is 0 Å². The summed E-state index contributed by atoms with van der Waals surface area (Å²) in [6, 6.07) is 6.47. The average molecular weight is 414 g/mol. The van der Waals surface area contributed by atoms with E-state index < -0.39 is 11.6 Å². The summed E-state index contributed by atoms with van der Waals surface area (Å²) in [5.74, 6) is 0.0163.